The summed E-state index contributed by atoms with van der Waals surface area (Å²) in [5.74, 6) is 1.03. The Hall–Kier alpha value is -1.76. The first-order valence-electron chi connectivity index (χ1n) is 7.52. The van der Waals surface area contributed by atoms with Crippen LogP contribution in [0.3, 0.4) is 0 Å². The van der Waals surface area contributed by atoms with Gasteiger partial charge in [-0.1, -0.05) is 30.3 Å². The summed E-state index contributed by atoms with van der Waals surface area (Å²) in [6, 6.07) is 12.8. The van der Waals surface area contributed by atoms with Gasteiger partial charge < -0.3 is 20.5 Å². The Morgan fingerprint density at radius 1 is 1.16 bits per heavy atom. The van der Waals surface area contributed by atoms with Gasteiger partial charge in [-0.15, -0.1) is 12.4 Å². The number of nitrogens with two attached hydrogens (primary N) is 1. The summed E-state index contributed by atoms with van der Waals surface area (Å²) >= 11 is 3.44. The smallest absolute Gasteiger partial charge is 0.237 e. The van der Waals surface area contributed by atoms with E-state index in [9.17, 15) is 4.79 Å². The van der Waals surface area contributed by atoms with Crippen LogP contribution in [0.25, 0.3) is 0 Å². The number of hydrogen-bond acceptors (Lipinski definition) is 4. The first kappa shape index (κ1) is 21.3. The predicted octanol–water partition coefficient (Wildman–Crippen LogP) is 3.07. The van der Waals surface area contributed by atoms with Gasteiger partial charge in [0.05, 0.1) is 24.7 Å². The van der Waals surface area contributed by atoms with Gasteiger partial charge in [0.2, 0.25) is 5.91 Å². The zero-order chi connectivity index (χ0) is 17.5. The number of amides is 1. The number of ether oxygens (including phenoxy) is 2. The van der Waals surface area contributed by atoms with Gasteiger partial charge in [0, 0.05) is 6.54 Å². The molecular formula is C18H22BrClN2O3. The Bertz CT molecular complexity index is 698. The van der Waals surface area contributed by atoms with Crippen LogP contribution in [-0.4, -0.2) is 26.2 Å². The lowest BCUT2D eigenvalue weighted by molar-refractivity contribution is -0.122. The maximum absolute atomic E-state index is 12.2. The molecule has 0 aliphatic carbocycles. The molecule has 0 heterocycles. The summed E-state index contributed by atoms with van der Waals surface area (Å²) in [5, 5.41) is 2.85. The fourth-order valence-corrected chi connectivity index (χ4v) is 3.01. The molecule has 2 aromatic rings. The molecule has 0 radical (unpaired) electrons. The molecule has 25 heavy (non-hydrogen) atoms. The maximum Gasteiger partial charge on any atom is 0.237 e. The molecule has 7 heteroatoms. The number of carbonyl (C=O) groups is 1. The quantitative estimate of drug-likeness (QED) is 0.709. The summed E-state index contributed by atoms with van der Waals surface area (Å²) in [5.41, 5.74) is 7.90. The molecule has 0 unspecified atom stereocenters. The zero-order valence-corrected chi connectivity index (χ0v) is 16.5. The second-order valence-electron chi connectivity index (χ2n) is 5.33. The fourth-order valence-electron chi connectivity index (χ4n) is 2.35. The lowest BCUT2D eigenvalue weighted by Gasteiger charge is -2.14. The average Bonchev–Trinajstić information content (AvgIpc) is 2.59. The summed E-state index contributed by atoms with van der Waals surface area (Å²) in [6.45, 7) is 0.361. The van der Waals surface area contributed by atoms with Gasteiger partial charge in [-0.3, -0.25) is 4.79 Å². The van der Waals surface area contributed by atoms with Crippen molar-refractivity contribution in [2.45, 2.75) is 19.0 Å². The predicted molar refractivity (Wildman–Crippen MR) is 104 cm³/mol. The molecular weight excluding hydrogens is 408 g/mol. The lowest BCUT2D eigenvalue weighted by atomic mass is 10.1. The first-order valence-corrected chi connectivity index (χ1v) is 8.32. The van der Waals surface area contributed by atoms with Crippen LogP contribution in [0.15, 0.2) is 46.9 Å². The average molecular weight is 430 g/mol. The van der Waals surface area contributed by atoms with Crippen LogP contribution < -0.4 is 20.5 Å². The molecule has 3 N–H and O–H groups in total. The van der Waals surface area contributed by atoms with Crippen LogP contribution in [0, 0.1) is 0 Å². The van der Waals surface area contributed by atoms with Crippen LogP contribution >= 0.6 is 28.3 Å². The molecule has 0 aliphatic heterocycles. The van der Waals surface area contributed by atoms with Crippen molar-refractivity contribution < 1.29 is 14.3 Å². The van der Waals surface area contributed by atoms with Gasteiger partial charge in [0.25, 0.3) is 0 Å². The number of halogens is 2. The van der Waals surface area contributed by atoms with E-state index >= 15 is 0 Å². The normalized spacial score (nSPS) is 11.2. The second-order valence-corrected chi connectivity index (χ2v) is 6.18. The Kier molecular flexibility index (Phi) is 8.75. The SMILES string of the molecule is COc1cc(CNC(=O)[C@@H](N)Cc2ccccc2)cc(Br)c1OC.Cl. The van der Waals surface area contributed by atoms with Crippen LogP contribution in [0.2, 0.25) is 0 Å². The Labute approximate surface area is 162 Å². The van der Waals surface area contributed by atoms with Crippen molar-refractivity contribution in [3.63, 3.8) is 0 Å². The van der Waals surface area contributed by atoms with Crippen molar-refractivity contribution in [1.82, 2.24) is 5.32 Å². The first-order chi connectivity index (χ1) is 11.5. The Morgan fingerprint density at radius 2 is 1.84 bits per heavy atom. The van der Waals surface area contributed by atoms with Gasteiger partial charge >= 0.3 is 0 Å². The Morgan fingerprint density at radius 3 is 2.44 bits per heavy atom. The molecule has 136 valence electrons. The highest BCUT2D eigenvalue weighted by molar-refractivity contribution is 9.10. The summed E-state index contributed by atoms with van der Waals surface area (Å²) in [6.07, 6.45) is 0.502. The summed E-state index contributed by atoms with van der Waals surface area (Å²) in [4.78, 5) is 12.2. The van der Waals surface area contributed by atoms with Gasteiger partial charge in [-0.25, -0.2) is 0 Å². The molecule has 5 nitrogen and oxygen atoms in total. The third-order valence-electron chi connectivity index (χ3n) is 3.60. The molecule has 0 spiro atoms. The molecule has 0 aromatic heterocycles. The number of rotatable bonds is 7. The van der Waals surface area contributed by atoms with Crippen molar-refractivity contribution in [3.05, 3.63) is 58.1 Å². The number of benzene rings is 2. The van der Waals surface area contributed by atoms with Crippen LogP contribution in [-0.2, 0) is 17.8 Å². The van der Waals surface area contributed by atoms with E-state index in [2.05, 4.69) is 21.2 Å². The maximum atomic E-state index is 12.2. The minimum absolute atomic E-state index is 0. The number of methoxy groups -OCH3 is 2. The second kappa shape index (κ2) is 10.3. The highest BCUT2D eigenvalue weighted by Crippen LogP contribution is 2.36. The topological polar surface area (TPSA) is 73.6 Å². The molecule has 0 aliphatic rings. The van der Waals surface area contributed by atoms with Crippen molar-refractivity contribution in [2.24, 2.45) is 5.73 Å². The molecule has 0 saturated carbocycles. The monoisotopic (exact) mass is 428 g/mol. The highest BCUT2D eigenvalue weighted by Gasteiger charge is 2.15. The number of nitrogens with one attached hydrogen (secondary N) is 1. The van der Waals surface area contributed by atoms with Gasteiger partial charge in [-0.05, 0) is 45.6 Å². The molecule has 0 bridgehead atoms. The van der Waals surface area contributed by atoms with E-state index in [1.807, 2.05) is 42.5 Å². The van der Waals surface area contributed by atoms with Crippen LogP contribution in [0.1, 0.15) is 11.1 Å². The third-order valence-corrected chi connectivity index (χ3v) is 4.18. The molecule has 2 aromatic carbocycles. The number of carbonyl (C=O) groups excluding carboxylic acids is 1. The summed E-state index contributed by atoms with van der Waals surface area (Å²) in [7, 11) is 3.15. The number of hydrogen-bond donors (Lipinski definition) is 2. The largest absolute Gasteiger partial charge is 0.493 e. The van der Waals surface area contributed by atoms with E-state index in [-0.39, 0.29) is 18.3 Å². The van der Waals surface area contributed by atoms with Gasteiger partial charge in [0.1, 0.15) is 0 Å². The van der Waals surface area contributed by atoms with E-state index in [1.165, 1.54) is 0 Å². The standard InChI is InChI=1S/C18H21BrN2O3.ClH/c1-23-16-10-13(8-14(19)17(16)24-2)11-21-18(22)15(20)9-12-6-4-3-5-7-12;/h3-8,10,15H,9,11,20H2,1-2H3,(H,21,22);1H/t15-;/m0./s1. The Balaban J connectivity index is 0.00000312. The van der Waals surface area contributed by atoms with Crippen molar-refractivity contribution in [1.29, 1.82) is 0 Å². The molecule has 0 saturated heterocycles. The van der Waals surface area contributed by atoms with Crippen LogP contribution in [0.5, 0.6) is 11.5 Å². The van der Waals surface area contributed by atoms with E-state index in [0.29, 0.717) is 24.5 Å². The van der Waals surface area contributed by atoms with Crippen LogP contribution in [0.4, 0.5) is 0 Å². The molecule has 1 atom stereocenters. The van der Waals surface area contributed by atoms with Crippen molar-refractivity contribution >= 4 is 34.2 Å². The molecule has 2 rings (SSSR count). The van der Waals surface area contributed by atoms with E-state index in [0.717, 1.165) is 15.6 Å². The highest BCUT2D eigenvalue weighted by atomic mass is 79.9. The minimum Gasteiger partial charge on any atom is -0.493 e. The minimum atomic E-state index is -0.587. The zero-order valence-electron chi connectivity index (χ0n) is 14.1. The molecule has 0 fully saturated rings. The van der Waals surface area contributed by atoms with E-state index < -0.39 is 6.04 Å². The third kappa shape index (κ3) is 5.92. The van der Waals surface area contributed by atoms with E-state index in [4.69, 9.17) is 15.2 Å². The summed E-state index contributed by atoms with van der Waals surface area (Å²) < 4.78 is 11.3. The van der Waals surface area contributed by atoms with Gasteiger partial charge in [0.15, 0.2) is 11.5 Å². The fraction of sp³-hybridized carbons (Fsp3) is 0.278. The van der Waals surface area contributed by atoms with Gasteiger partial charge in [-0.2, -0.15) is 0 Å². The lowest BCUT2D eigenvalue weighted by Crippen LogP contribution is -2.41. The van der Waals surface area contributed by atoms with Crippen molar-refractivity contribution in [3.8, 4) is 11.5 Å². The van der Waals surface area contributed by atoms with E-state index in [1.54, 1.807) is 14.2 Å². The molecule has 1 amide bonds. The van der Waals surface area contributed by atoms with Crippen molar-refractivity contribution in [2.75, 3.05) is 14.2 Å².